The molecule has 1 N–H and O–H groups in total. The molecule has 0 saturated carbocycles. The van der Waals surface area contributed by atoms with Crippen molar-refractivity contribution in [2.75, 3.05) is 26.7 Å². The highest BCUT2D eigenvalue weighted by Gasteiger charge is 2.27. The van der Waals surface area contributed by atoms with E-state index in [1.807, 2.05) is 13.8 Å². The van der Waals surface area contributed by atoms with Crippen LogP contribution in [0.25, 0.3) is 0 Å². The van der Waals surface area contributed by atoms with E-state index in [1.165, 1.54) is 29.3 Å². The van der Waals surface area contributed by atoms with Crippen LogP contribution in [0.2, 0.25) is 0 Å². The summed E-state index contributed by atoms with van der Waals surface area (Å²) in [5.74, 6) is -0.489. The van der Waals surface area contributed by atoms with Gasteiger partial charge in [0, 0.05) is 38.7 Å². The molecule has 3 rings (SSSR count). The third-order valence-corrected chi connectivity index (χ3v) is 5.73. The second kappa shape index (κ2) is 12.7. The number of nitrogens with one attached hydrogen (secondary N) is 1. The third kappa shape index (κ3) is 7.40. The van der Waals surface area contributed by atoms with Crippen LogP contribution in [0.15, 0.2) is 40.8 Å². The maximum atomic E-state index is 12.7. The number of rotatable bonds is 5. The molecule has 9 heteroatoms. The summed E-state index contributed by atoms with van der Waals surface area (Å²) in [6.45, 7) is 5.09. The summed E-state index contributed by atoms with van der Waals surface area (Å²) in [4.78, 5) is 15.6. The number of aldehydes is 1. The molecule has 2 aliphatic rings. The van der Waals surface area contributed by atoms with Crippen LogP contribution in [-0.2, 0) is 24.4 Å². The molecule has 0 aromatic heterocycles. The Morgan fingerprint density at radius 2 is 1.93 bits per heavy atom. The maximum absolute atomic E-state index is 12.7. The minimum atomic E-state index is -3.64. The second-order valence-electron chi connectivity index (χ2n) is 5.77. The Hall–Kier alpha value is -1.65. The van der Waals surface area contributed by atoms with Crippen molar-refractivity contribution < 1.29 is 27.2 Å². The number of hydrogen-bond acceptors (Lipinski definition) is 6. The van der Waals surface area contributed by atoms with Crippen molar-refractivity contribution in [3.05, 3.63) is 41.7 Å². The van der Waals surface area contributed by atoms with Crippen LogP contribution >= 0.6 is 0 Å². The first-order chi connectivity index (χ1) is 13.5. The predicted octanol–water partition coefficient (Wildman–Crippen LogP) is 2.65. The Balaban J connectivity index is 0.000000301. The van der Waals surface area contributed by atoms with Crippen LogP contribution in [0.3, 0.4) is 0 Å². The van der Waals surface area contributed by atoms with Crippen LogP contribution in [0, 0.1) is 5.82 Å². The van der Waals surface area contributed by atoms with Gasteiger partial charge in [-0.2, -0.15) is 4.31 Å². The van der Waals surface area contributed by atoms with E-state index < -0.39 is 15.8 Å². The van der Waals surface area contributed by atoms with Gasteiger partial charge in [0.15, 0.2) is 6.29 Å². The number of carbonyl (C=O) groups excluding carboxylic acids is 1. The van der Waals surface area contributed by atoms with E-state index in [0.717, 1.165) is 25.2 Å². The molecule has 28 heavy (non-hydrogen) atoms. The lowest BCUT2D eigenvalue weighted by Gasteiger charge is -2.21. The summed E-state index contributed by atoms with van der Waals surface area (Å²) >= 11 is 0. The standard InChI is InChI=1S/C11H10FNO3S.C6H13NO2.C2H6/c12-10-1-3-11(4-2-10)17(15,16)13-6-5-9(7-13)8-14;1-7-9-6-4-2-3-5-8-6;1-2/h1-5,8H,6-7H2;6-7H,2-5H2,1H3;1-2H3. The first-order valence-electron chi connectivity index (χ1n) is 9.31. The highest BCUT2D eigenvalue weighted by atomic mass is 32.2. The molecule has 2 heterocycles. The number of nitrogens with zero attached hydrogens (tertiary/aromatic N) is 1. The Kier molecular flexibility index (Phi) is 11.1. The van der Waals surface area contributed by atoms with E-state index in [2.05, 4.69) is 5.48 Å². The molecule has 1 aromatic rings. The van der Waals surface area contributed by atoms with Crippen molar-refractivity contribution in [1.82, 2.24) is 9.79 Å². The van der Waals surface area contributed by atoms with Gasteiger partial charge in [-0.15, -0.1) is 0 Å². The van der Waals surface area contributed by atoms with Crippen molar-refractivity contribution in [1.29, 1.82) is 0 Å². The third-order valence-electron chi connectivity index (χ3n) is 3.91. The molecular weight excluding hydrogens is 387 g/mol. The van der Waals surface area contributed by atoms with E-state index >= 15 is 0 Å². The smallest absolute Gasteiger partial charge is 0.243 e. The maximum Gasteiger partial charge on any atom is 0.243 e. The summed E-state index contributed by atoms with van der Waals surface area (Å²) in [6, 6.07) is 4.61. The lowest BCUT2D eigenvalue weighted by Crippen LogP contribution is -2.29. The average Bonchev–Trinajstić information content (AvgIpc) is 3.22. The van der Waals surface area contributed by atoms with Crippen LogP contribution < -0.4 is 5.48 Å². The van der Waals surface area contributed by atoms with Gasteiger partial charge in [0.2, 0.25) is 10.0 Å². The van der Waals surface area contributed by atoms with Crippen molar-refractivity contribution in [3.8, 4) is 0 Å². The van der Waals surface area contributed by atoms with E-state index in [1.54, 1.807) is 13.1 Å². The zero-order valence-corrected chi connectivity index (χ0v) is 17.4. The lowest BCUT2D eigenvalue weighted by molar-refractivity contribution is -0.191. The minimum absolute atomic E-state index is 0.0104. The molecule has 1 unspecified atom stereocenters. The number of sulfonamides is 1. The molecule has 2 aliphatic heterocycles. The van der Waals surface area contributed by atoms with Crippen LogP contribution in [0.5, 0.6) is 0 Å². The molecule has 158 valence electrons. The molecule has 7 nitrogen and oxygen atoms in total. The Labute approximate surface area is 166 Å². The number of hydroxylamine groups is 1. The monoisotopic (exact) mass is 416 g/mol. The molecule has 0 radical (unpaired) electrons. The normalized spacial score (nSPS) is 19.6. The quantitative estimate of drug-likeness (QED) is 0.587. The van der Waals surface area contributed by atoms with Crippen molar-refractivity contribution in [3.63, 3.8) is 0 Å². The van der Waals surface area contributed by atoms with Crippen LogP contribution in [-0.4, -0.2) is 52.0 Å². The van der Waals surface area contributed by atoms with Gasteiger partial charge in [-0.3, -0.25) is 9.63 Å². The molecule has 1 atom stereocenters. The van der Waals surface area contributed by atoms with Gasteiger partial charge in [-0.1, -0.05) is 19.9 Å². The highest BCUT2D eigenvalue weighted by molar-refractivity contribution is 7.89. The van der Waals surface area contributed by atoms with Crippen LogP contribution in [0.4, 0.5) is 4.39 Å². The number of carbonyl (C=O) groups is 1. The SMILES string of the molecule is CC.CNOC1CCCCO1.O=CC1=CCN(S(=O)(=O)c2ccc(F)cc2)C1. The largest absolute Gasteiger partial charge is 0.351 e. The lowest BCUT2D eigenvalue weighted by atomic mass is 10.2. The highest BCUT2D eigenvalue weighted by Crippen LogP contribution is 2.20. The molecule has 0 bridgehead atoms. The fourth-order valence-corrected chi connectivity index (χ4v) is 3.88. The first kappa shape index (κ1) is 24.4. The zero-order chi connectivity index (χ0) is 21.0. The van der Waals surface area contributed by atoms with E-state index in [0.29, 0.717) is 11.9 Å². The Bertz CT molecular complexity index is 714. The molecule has 1 saturated heterocycles. The molecule has 0 amide bonds. The molecule has 0 spiro atoms. The van der Waals surface area contributed by atoms with E-state index in [4.69, 9.17) is 9.57 Å². The minimum Gasteiger partial charge on any atom is -0.351 e. The van der Waals surface area contributed by atoms with Crippen molar-refractivity contribution >= 4 is 16.3 Å². The molecule has 1 fully saturated rings. The fourth-order valence-electron chi connectivity index (χ4n) is 2.51. The first-order valence-corrected chi connectivity index (χ1v) is 10.8. The van der Waals surface area contributed by atoms with Gasteiger partial charge in [0.1, 0.15) is 12.1 Å². The van der Waals surface area contributed by atoms with Gasteiger partial charge in [-0.05, 0) is 37.1 Å². The molecular formula is C19H29FN2O5S. The fraction of sp³-hybridized carbons (Fsp3) is 0.526. The van der Waals surface area contributed by atoms with Gasteiger partial charge < -0.3 is 4.74 Å². The summed E-state index contributed by atoms with van der Waals surface area (Å²) in [7, 11) is -1.89. The Morgan fingerprint density at radius 1 is 1.25 bits per heavy atom. The molecule has 0 aliphatic carbocycles. The number of ether oxygens (including phenoxy) is 1. The number of halogens is 1. The Morgan fingerprint density at radius 3 is 2.43 bits per heavy atom. The van der Waals surface area contributed by atoms with Gasteiger partial charge >= 0.3 is 0 Å². The summed E-state index contributed by atoms with van der Waals surface area (Å²) < 4.78 is 43.2. The average molecular weight is 417 g/mol. The predicted molar refractivity (Wildman–Crippen MR) is 104 cm³/mol. The van der Waals surface area contributed by atoms with E-state index in [9.17, 15) is 17.6 Å². The van der Waals surface area contributed by atoms with Gasteiger partial charge in [0.25, 0.3) is 0 Å². The van der Waals surface area contributed by atoms with Gasteiger partial charge in [0.05, 0.1) is 4.90 Å². The number of benzene rings is 1. The summed E-state index contributed by atoms with van der Waals surface area (Å²) in [5, 5.41) is 0. The second-order valence-corrected chi connectivity index (χ2v) is 7.70. The molecule has 1 aromatic carbocycles. The zero-order valence-electron chi connectivity index (χ0n) is 16.6. The summed E-state index contributed by atoms with van der Waals surface area (Å²) in [6.07, 6.45) is 5.59. The summed E-state index contributed by atoms with van der Waals surface area (Å²) in [5.41, 5.74) is 3.05. The van der Waals surface area contributed by atoms with Crippen molar-refractivity contribution in [2.24, 2.45) is 0 Å². The van der Waals surface area contributed by atoms with Gasteiger partial charge in [-0.25, -0.2) is 18.3 Å². The van der Waals surface area contributed by atoms with Crippen molar-refractivity contribution in [2.45, 2.75) is 44.3 Å². The topological polar surface area (TPSA) is 84.9 Å². The number of hydrogen-bond donors (Lipinski definition) is 1. The van der Waals surface area contributed by atoms with E-state index in [-0.39, 0.29) is 24.3 Å². The van der Waals surface area contributed by atoms with Crippen LogP contribution in [0.1, 0.15) is 33.1 Å².